The maximum absolute atomic E-state index is 12.1. The molecule has 1 saturated heterocycles. The monoisotopic (exact) mass is 527 g/mol. The largest absolute Gasteiger partial charge is 0.465 e. The van der Waals surface area contributed by atoms with Crippen molar-refractivity contribution < 1.29 is 29.3 Å². The number of piperidine rings is 1. The van der Waals surface area contributed by atoms with Crippen molar-refractivity contribution in [3.63, 3.8) is 0 Å². The number of para-hydroxylation sites is 1. The number of amides is 3. The van der Waals surface area contributed by atoms with Crippen LogP contribution in [0.5, 0.6) is 0 Å². The molecule has 0 spiro atoms. The fourth-order valence-corrected chi connectivity index (χ4v) is 4.25. The average Bonchev–Trinajstić information content (AvgIpc) is 2.77. The molecule has 1 fully saturated rings. The number of hydrogen-bond donors (Lipinski definition) is 3. The summed E-state index contributed by atoms with van der Waals surface area (Å²) in [6.45, 7) is 2.94. The molecule has 33 heavy (non-hydrogen) atoms. The van der Waals surface area contributed by atoms with Crippen LogP contribution in [0.2, 0.25) is 0 Å². The summed E-state index contributed by atoms with van der Waals surface area (Å²) in [5.41, 5.74) is 0.697. The van der Waals surface area contributed by atoms with Crippen molar-refractivity contribution in [1.29, 1.82) is 0 Å². The first-order valence-electron chi connectivity index (χ1n) is 11.5. The zero-order valence-electron chi connectivity index (χ0n) is 18.9. The lowest BCUT2D eigenvalue weighted by Gasteiger charge is -2.31. The van der Waals surface area contributed by atoms with Crippen LogP contribution in [0.15, 0.2) is 28.7 Å². The number of carbonyl (C=O) groups is 3. The normalized spacial score (nSPS) is 14.6. The summed E-state index contributed by atoms with van der Waals surface area (Å²) >= 11 is 3.41. The van der Waals surface area contributed by atoms with E-state index in [4.69, 9.17) is 14.9 Å². The van der Waals surface area contributed by atoms with Gasteiger partial charge in [-0.2, -0.15) is 0 Å². The first-order chi connectivity index (χ1) is 15.9. The molecule has 9 nitrogen and oxygen atoms in total. The van der Waals surface area contributed by atoms with Crippen LogP contribution in [-0.2, 0) is 4.74 Å². The Balaban J connectivity index is 1.46. The lowest BCUT2D eigenvalue weighted by atomic mass is 10.1. The quantitative estimate of drug-likeness (QED) is 0.291. The molecular weight excluding hydrogens is 494 g/mol. The van der Waals surface area contributed by atoms with Gasteiger partial charge < -0.3 is 19.8 Å². The number of anilines is 1. The smallest absolute Gasteiger partial charge is 0.416 e. The number of nitrogens with zero attached hydrogens (tertiary/aromatic N) is 2. The standard InChI is InChI=1S/C23H34BrN3O6/c24-19-10-6-7-11-20(19)25-21(28)33-18-12-16-26(17-13-18)14-8-4-2-1-3-5-9-15-27(22(29)30)23(31)32/h6-7,10-11,18H,1-5,8-9,12-17H2,(H,25,28)(H,29,30)(H,31,32). The van der Waals surface area contributed by atoms with Crippen molar-refractivity contribution in [3.05, 3.63) is 28.7 Å². The van der Waals surface area contributed by atoms with Gasteiger partial charge in [0.2, 0.25) is 0 Å². The lowest BCUT2D eigenvalue weighted by Crippen LogP contribution is -2.38. The Labute approximate surface area is 203 Å². The van der Waals surface area contributed by atoms with Crippen LogP contribution in [-0.4, -0.2) is 70.6 Å². The van der Waals surface area contributed by atoms with Gasteiger partial charge in [-0.15, -0.1) is 0 Å². The van der Waals surface area contributed by atoms with Gasteiger partial charge in [-0.25, -0.2) is 19.3 Å². The van der Waals surface area contributed by atoms with Gasteiger partial charge in [0.05, 0.1) is 5.69 Å². The SMILES string of the molecule is O=C(Nc1ccccc1Br)OC1CCN(CCCCCCCCCN(C(=O)O)C(=O)O)CC1. The molecule has 0 aromatic heterocycles. The Morgan fingerprint density at radius 3 is 2.15 bits per heavy atom. The van der Waals surface area contributed by atoms with Gasteiger partial charge in [-0.05, 0) is 60.3 Å². The lowest BCUT2D eigenvalue weighted by molar-refractivity contribution is 0.0584. The van der Waals surface area contributed by atoms with E-state index in [1.807, 2.05) is 24.3 Å². The zero-order chi connectivity index (χ0) is 24.1. The second kappa shape index (κ2) is 14.7. The minimum Gasteiger partial charge on any atom is -0.465 e. The minimum atomic E-state index is -1.42. The van der Waals surface area contributed by atoms with Crippen molar-refractivity contribution in [1.82, 2.24) is 9.80 Å². The highest BCUT2D eigenvalue weighted by Crippen LogP contribution is 2.22. The minimum absolute atomic E-state index is 0.0375. The number of unbranched alkanes of at least 4 members (excludes halogenated alkanes) is 6. The topological polar surface area (TPSA) is 119 Å². The van der Waals surface area contributed by atoms with Crippen molar-refractivity contribution in [2.24, 2.45) is 0 Å². The average molecular weight is 528 g/mol. The molecule has 0 aliphatic carbocycles. The van der Waals surface area contributed by atoms with Crippen LogP contribution in [0.25, 0.3) is 0 Å². The van der Waals surface area contributed by atoms with Gasteiger partial charge >= 0.3 is 18.3 Å². The molecule has 0 saturated carbocycles. The van der Waals surface area contributed by atoms with Gasteiger partial charge in [0.1, 0.15) is 6.10 Å². The summed E-state index contributed by atoms with van der Waals surface area (Å²) in [4.78, 5) is 36.5. The van der Waals surface area contributed by atoms with Crippen molar-refractivity contribution >= 4 is 39.9 Å². The number of carboxylic acid groups (broad SMARTS) is 2. The number of hydrogen-bond acceptors (Lipinski definition) is 5. The molecule has 184 valence electrons. The van der Waals surface area contributed by atoms with E-state index < -0.39 is 18.3 Å². The Bertz CT molecular complexity index is 756. The van der Waals surface area contributed by atoms with E-state index in [-0.39, 0.29) is 12.6 Å². The third kappa shape index (κ3) is 10.4. The van der Waals surface area contributed by atoms with Crippen LogP contribution < -0.4 is 5.32 Å². The van der Waals surface area contributed by atoms with Crippen molar-refractivity contribution in [3.8, 4) is 0 Å². The van der Waals surface area contributed by atoms with Gasteiger partial charge in [-0.1, -0.05) is 44.2 Å². The number of halogens is 1. The van der Waals surface area contributed by atoms with E-state index >= 15 is 0 Å². The number of imide groups is 1. The molecule has 0 atom stereocenters. The molecule has 2 rings (SSSR count). The zero-order valence-corrected chi connectivity index (χ0v) is 20.5. The first-order valence-corrected chi connectivity index (χ1v) is 12.3. The highest BCUT2D eigenvalue weighted by molar-refractivity contribution is 9.10. The van der Waals surface area contributed by atoms with Crippen LogP contribution in [0.1, 0.15) is 57.8 Å². The van der Waals surface area contributed by atoms with E-state index in [9.17, 15) is 14.4 Å². The molecule has 10 heteroatoms. The predicted octanol–water partition coefficient (Wildman–Crippen LogP) is 5.85. The van der Waals surface area contributed by atoms with E-state index in [1.165, 1.54) is 0 Å². The highest BCUT2D eigenvalue weighted by atomic mass is 79.9. The summed E-state index contributed by atoms with van der Waals surface area (Å²) in [7, 11) is 0. The van der Waals surface area contributed by atoms with Gasteiger partial charge in [-0.3, -0.25) is 5.32 Å². The maximum Gasteiger partial charge on any atom is 0.416 e. The summed E-state index contributed by atoms with van der Waals surface area (Å²) in [6, 6.07) is 7.43. The Kier molecular flexibility index (Phi) is 12.0. The van der Waals surface area contributed by atoms with E-state index in [2.05, 4.69) is 26.1 Å². The van der Waals surface area contributed by atoms with E-state index in [0.29, 0.717) is 17.0 Å². The Morgan fingerprint density at radius 1 is 0.970 bits per heavy atom. The first kappa shape index (κ1) is 26.9. The number of nitrogens with one attached hydrogen (secondary N) is 1. The molecule has 0 radical (unpaired) electrons. The third-order valence-corrected chi connectivity index (χ3v) is 6.43. The Hall–Kier alpha value is -2.33. The molecule has 3 amide bonds. The molecule has 0 unspecified atom stereocenters. The molecule has 1 aliphatic rings. The van der Waals surface area contributed by atoms with E-state index in [0.717, 1.165) is 75.5 Å². The van der Waals surface area contributed by atoms with Crippen LogP contribution in [0.3, 0.4) is 0 Å². The summed E-state index contributed by atoms with van der Waals surface area (Å²) in [5, 5.41) is 20.3. The molecule has 1 aliphatic heterocycles. The number of ether oxygens (including phenoxy) is 1. The number of benzene rings is 1. The number of likely N-dealkylation sites (tertiary alicyclic amines) is 1. The number of carbonyl (C=O) groups excluding carboxylic acids is 1. The molecule has 1 aromatic rings. The highest BCUT2D eigenvalue weighted by Gasteiger charge is 2.22. The molecule has 1 heterocycles. The van der Waals surface area contributed by atoms with Crippen molar-refractivity contribution in [2.75, 3.05) is 31.5 Å². The summed E-state index contributed by atoms with van der Waals surface area (Å²) in [6.07, 6.45) is 5.22. The fourth-order valence-electron chi connectivity index (χ4n) is 3.87. The van der Waals surface area contributed by atoms with E-state index in [1.54, 1.807) is 0 Å². The van der Waals surface area contributed by atoms with Crippen molar-refractivity contribution in [2.45, 2.75) is 63.9 Å². The predicted molar refractivity (Wildman–Crippen MR) is 129 cm³/mol. The molecule has 3 N–H and O–H groups in total. The summed E-state index contributed by atoms with van der Waals surface area (Å²) < 4.78 is 6.38. The van der Waals surface area contributed by atoms with Crippen LogP contribution in [0, 0.1) is 0 Å². The Morgan fingerprint density at radius 2 is 1.55 bits per heavy atom. The molecule has 1 aromatic carbocycles. The van der Waals surface area contributed by atoms with Crippen LogP contribution in [0.4, 0.5) is 20.1 Å². The van der Waals surface area contributed by atoms with Gasteiger partial charge in [0, 0.05) is 24.1 Å². The fraction of sp³-hybridized carbons (Fsp3) is 0.609. The molecular formula is C23H34BrN3O6. The second-order valence-electron chi connectivity index (χ2n) is 8.24. The maximum atomic E-state index is 12.1. The summed E-state index contributed by atoms with van der Waals surface area (Å²) in [5.74, 6) is 0. The molecule has 0 bridgehead atoms. The number of rotatable bonds is 12. The van der Waals surface area contributed by atoms with Crippen LogP contribution >= 0.6 is 15.9 Å². The third-order valence-electron chi connectivity index (χ3n) is 5.74. The van der Waals surface area contributed by atoms with Gasteiger partial charge in [0.15, 0.2) is 0 Å². The van der Waals surface area contributed by atoms with Gasteiger partial charge in [0.25, 0.3) is 0 Å². The second-order valence-corrected chi connectivity index (χ2v) is 9.10.